The number of hydrogen-bond donors (Lipinski definition) is 2. The zero-order valence-electron chi connectivity index (χ0n) is 13.5. The highest BCUT2D eigenvalue weighted by Crippen LogP contribution is 2.27. The van der Waals surface area contributed by atoms with Gasteiger partial charge in [0.1, 0.15) is 5.75 Å². The van der Waals surface area contributed by atoms with E-state index in [2.05, 4.69) is 10.5 Å². The van der Waals surface area contributed by atoms with E-state index in [-0.39, 0.29) is 0 Å². The van der Waals surface area contributed by atoms with Gasteiger partial charge in [0.05, 0.1) is 11.8 Å². The van der Waals surface area contributed by atoms with Crippen LogP contribution in [-0.2, 0) is 0 Å². The molecule has 3 N–H and O–H groups in total. The molecule has 0 radical (unpaired) electrons. The van der Waals surface area contributed by atoms with Gasteiger partial charge in [-0.25, -0.2) is 15.0 Å². The van der Waals surface area contributed by atoms with E-state index < -0.39 is 12.0 Å². The Morgan fingerprint density at radius 1 is 1.04 bits per heavy atom. The molecular formula is C19H14ClN3O3. The number of carbonyl (C=O) groups is 2. The van der Waals surface area contributed by atoms with Gasteiger partial charge < -0.3 is 10.5 Å². The minimum absolute atomic E-state index is 0.304. The molecule has 0 spiro atoms. The normalized spacial score (nSPS) is 10.8. The molecule has 0 aliphatic carbocycles. The molecule has 0 heterocycles. The number of halogens is 1. The second-order valence-corrected chi connectivity index (χ2v) is 5.77. The summed E-state index contributed by atoms with van der Waals surface area (Å²) in [6.07, 6.45) is 1.39. The standard InChI is InChI=1S/C19H14ClN3O3/c20-14-8-5-13(6-9-14)18(24)26-17-10-7-12-3-1-2-4-15(12)16(17)11-22-23-19(21)25/h1-11H,(H3,21,23,25)/b22-11-. The molecule has 6 nitrogen and oxygen atoms in total. The highest BCUT2D eigenvalue weighted by molar-refractivity contribution is 6.30. The quantitative estimate of drug-likeness (QED) is 0.318. The number of urea groups is 1. The number of nitrogens with one attached hydrogen (secondary N) is 1. The van der Waals surface area contributed by atoms with Crippen molar-refractivity contribution in [2.75, 3.05) is 0 Å². The largest absolute Gasteiger partial charge is 0.422 e. The number of nitrogens with two attached hydrogens (primary N) is 1. The Balaban J connectivity index is 1.98. The lowest BCUT2D eigenvalue weighted by Crippen LogP contribution is -2.24. The van der Waals surface area contributed by atoms with Gasteiger partial charge in [0.2, 0.25) is 0 Å². The predicted molar refractivity (Wildman–Crippen MR) is 101 cm³/mol. The number of esters is 1. The van der Waals surface area contributed by atoms with E-state index in [4.69, 9.17) is 22.1 Å². The fourth-order valence-corrected chi connectivity index (χ4v) is 2.53. The molecule has 0 aliphatic heterocycles. The maximum absolute atomic E-state index is 12.4. The molecule has 0 bridgehead atoms. The SMILES string of the molecule is NC(=O)N/N=C\c1c(OC(=O)c2ccc(Cl)cc2)ccc2ccccc12. The van der Waals surface area contributed by atoms with Gasteiger partial charge >= 0.3 is 12.0 Å². The first-order chi connectivity index (χ1) is 12.5. The van der Waals surface area contributed by atoms with Crippen molar-refractivity contribution in [3.63, 3.8) is 0 Å². The minimum Gasteiger partial charge on any atom is -0.422 e. The van der Waals surface area contributed by atoms with Crippen LogP contribution in [0.1, 0.15) is 15.9 Å². The number of rotatable bonds is 4. The minimum atomic E-state index is -0.791. The Labute approximate surface area is 154 Å². The topological polar surface area (TPSA) is 93.8 Å². The van der Waals surface area contributed by atoms with Crippen LogP contribution in [0.5, 0.6) is 5.75 Å². The first kappa shape index (κ1) is 17.4. The Morgan fingerprint density at radius 2 is 1.77 bits per heavy atom. The lowest BCUT2D eigenvalue weighted by molar-refractivity contribution is 0.0734. The van der Waals surface area contributed by atoms with Gasteiger partial charge in [-0.15, -0.1) is 0 Å². The average molecular weight is 368 g/mol. The molecule has 2 amide bonds. The molecule has 3 aromatic carbocycles. The van der Waals surface area contributed by atoms with Gasteiger partial charge in [0.25, 0.3) is 0 Å². The highest BCUT2D eigenvalue weighted by Gasteiger charge is 2.13. The van der Waals surface area contributed by atoms with Crippen LogP contribution in [0.25, 0.3) is 10.8 Å². The maximum Gasteiger partial charge on any atom is 0.343 e. The number of carbonyl (C=O) groups excluding carboxylic acids is 2. The predicted octanol–water partition coefficient (Wildman–Crippen LogP) is 3.71. The van der Waals surface area contributed by atoms with Crippen LogP contribution >= 0.6 is 11.6 Å². The second-order valence-electron chi connectivity index (χ2n) is 5.33. The number of hydrogen-bond acceptors (Lipinski definition) is 4. The number of benzene rings is 3. The highest BCUT2D eigenvalue weighted by atomic mass is 35.5. The summed E-state index contributed by atoms with van der Waals surface area (Å²) < 4.78 is 5.52. The summed E-state index contributed by atoms with van der Waals surface area (Å²) in [7, 11) is 0. The van der Waals surface area contributed by atoms with E-state index in [9.17, 15) is 9.59 Å². The molecule has 0 saturated carbocycles. The molecule has 130 valence electrons. The van der Waals surface area contributed by atoms with Gasteiger partial charge in [-0.05, 0) is 41.1 Å². The summed E-state index contributed by atoms with van der Waals surface area (Å²) in [4.78, 5) is 23.2. The molecule has 0 unspecified atom stereocenters. The van der Waals surface area contributed by atoms with Crippen molar-refractivity contribution in [3.8, 4) is 5.75 Å². The Hall–Kier alpha value is -3.38. The Kier molecular flexibility index (Phi) is 5.15. The van der Waals surface area contributed by atoms with Gasteiger partial charge in [-0.2, -0.15) is 5.10 Å². The van der Waals surface area contributed by atoms with Gasteiger partial charge in [0, 0.05) is 10.6 Å². The van der Waals surface area contributed by atoms with Crippen molar-refractivity contribution in [1.29, 1.82) is 0 Å². The lowest BCUT2D eigenvalue weighted by atomic mass is 10.0. The third kappa shape index (κ3) is 3.99. The first-order valence-corrected chi connectivity index (χ1v) is 8.00. The number of amides is 2. The van der Waals surface area contributed by atoms with Crippen molar-refractivity contribution >= 4 is 40.6 Å². The van der Waals surface area contributed by atoms with Gasteiger partial charge in [-0.3, -0.25) is 0 Å². The lowest BCUT2D eigenvalue weighted by Gasteiger charge is -2.10. The summed E-state index contributed by atoms with van der Waals surface area (Å²) in [6.45, 7) is 0. The average Bonchev–Trinajstić information content (AvgIpc) is 2.63. The zero-order valence-corrected chi connectivity index (χ0v) is 14.2. The molecule has 0 aliphatic rings. The van der Waals surface area contributed by atoms with E-state index in [0.29, 0.717) is 21.9 Å². The summed E-state index contributed by atoms with van der Waals surface area (Å²) in [5.74, 6) is -0.229. The van der Waals surface area contributed by atoms with E-state index >= 15 is 0 Å². The summed E-state index contributed by atoms with van der Waals surface area (Å²) in [5, 5.41) is 6.05. The molecular weight excluding hydrogens is 354 g/mol. The third-order valence-electron chi connectivity index (χ3n) is 3.58. The van der Waals surface area contributed by atoms with E-state index in [1.54, 1.807) is 30.3 Å². The van der Waals surface area contributed by atoms with E-state index in [1.165, 1.54) is 6.21 Å². The summed E-state index contributed by atoms with van der Waals surface area (Å²) in [6, 6.07) is 16.6. The zero-order chi connectivity index (χ0) is 18.5. The summed E-state index contributed by atoms with van der Waals surface area (Å²) in [5.41, 5.74) is 8.05. The molecule has 0 saturated heterocycles. The second kappa shape index (κ2) is 7.67. The number of primary amides is 1. The van der Waals surface area contributed by atoms with Crippen LogP contribution in [0, 0.1) is 0 Å². The molecule has 0 fully saturated rings. The van der Waals surface area contributed by atoms with Crippen LogP contribution in [0.2, 0.25) is 5.02 Å². The van der Waals surface area contributed by atoms with Gasteiger partial charge in [0.15, 0.2) is 0 Å². The van der Waals surface area contributed by atoms with Crippen LogP contribution in [0.3, 0.4) is 0 Å². The Morgan fingerprint density at radius 3 is 2.50 bits per heavy atom. The molecule has 7 heteroatoms. The van der Waals surface area contributed by atoms with E-state index in [0.717, 1.165) is 10.8 Å². The first-order valence-electron chi connectivity index (χ1n) is 7.62. The van der Waals surface area contributed by atoms with Crippen molar-refractivity contribution in [3.05, 3.63) is 76.8 Å². The third-order valence-corrected chi connectivity index (χ3v) is 3.83. The fourth-order valence-electron chi connectivity index (χ4n) is 2.40. The van der Waals surface area contributed by atoms with Crippen LogP contribution in [-0.4, -0.2) is 18.2 Å². The van der Waals surface area contributed by atoms with E-state index in [1.807, 2.05) is 30.3 Å². The van der Waals surface area contributed by atoms with Crippen LogP contribution < -0.4 is 15.9 Å². The smallest absolute Gasteiger partial charge is 0.343 e. The fraction of sp³-hybridized carbons (Fsp3) is 0. The van der Waals surface area contributed by atoms with Crippen molar-refractivity contribution in [2.45, 2.75) is 0 Å². The molecule has 26 heavy (non-hydrogen) atoms. The van der Waals surface area contributed by atoms with Gasteiger partial charge in [-0.1, -0.05) is 41.9 Å². The Bertz CT molecular complexity index is 1000. The number of hydrazone groups is 1. The molecule has 0 aromatic heterocycles. The number of nitrogens with zero attached hydrogens (tertiary/aromatic N) is 1. The number of ether oxygens (including phenoxy) is 1. The van der Waals surface area contributed by atoms with Crippen molar-refractivity contribution in [2.24, 2.45) is 10.8 Å². The summed E-state index contributed by atoms with van der Waals surface area (Å²) >= 11 is 5.84. The van der Waals surface area contributed by atoms with Crippen LogP contribution in [0.4, 0.5) is 4.79 Å². The molecule has 3 rings (SSSR count). The number of fused-ring (bicyclic) bond motifs is 1. The van der Waals surface area contributed by atoms with Crippen molar-refractivity contribution < 1.29 is 14.3 Å². The molecule has 0 atom stereocenters. The molecule has 3 aromatic rings. The monoisotopic (exact) mass is 367 g/mol. The van der Waals surface area contributed by atoms with Crippen molar-refractivity contribution in [1.82, 2.24) is 5.43 Å². The maximum atomic E-state index is 12.4. The van der Waals surface area contributed by atoms with Crippen LogP contribution in [0.15, 0.2) is 65.8 Å².